The third kappa shape index (κ3) is 8.11. The summed E-state index contributed by atoms with van der Waals surface area (Å²) in [5.41, 5.74) is -0.159. The molecule has 39 heavy (non-hydrogen) atoms. The van der Waals surface area contributed by atoms with Gasteiger partial charge in [-0.05, 0) is 62.6 Å². The molecule has 0 saturated carbocycles. The van der Waals surface area contributed by atoms with Gasteiger partial charge in [0.05, 0.1) is 11.7 Å². The van der Waals surface area contributed by atoms with E-state index in [0.29, 0.717) is 12.1 Å². The number of fused-ring (bicyclic) bond motifs is 1. The maximum absolute atomic E-state index is 13.4. The number of aromatic nitrogens is 3. The maximum atomic E-state index is 13.4. The summed E-state index contributed by atoms with van der Waals surface area (Å²) in [4.78, 5) is 20.7. The standard InChI is InChI=1S/C30H40F3N5O/c1-5-7-10-14-23-15-18-26(34-21-23)38(19-6-2)20-12-9-8-11-13-22(3)37(4)25-17-16-24-27(30(31,32)33)29(39)36-35-28(24)25/h15,18,21,25H,3,5-9,11-13,16-17,19-20H2,1-2,4H3,(H,36,39). The van der Waals surface area contributed by atoms with Crippen LogP contribution in [0.2, 0.25) is 0 Å². The van der Waals surface area contributed by atoms with Gasteiger partial charge < -0.3 is 9.80 Å². The van der Waals surface area contributed by atoms with Crippen LogP contribution in [0.15, 0.2) is 35.4 Å². The molecule has 0 aliphatic heterocycles. The first-order valence-electron chi connectivity index (χ1n) is 14.0. The molecular weight excluding hydrogens is 503 g/mol. The molecule has 2 heterocycles. The van der Waals surface area contributed by atoms with Gasteiger partial charge >= 0.3 is 6.18 Å². The predicted molar refractivity (Wildman–Crippen MR) is 149 cm³/mol. The van der Waals surface area contributed by atoms with Gasteiger partial charge in [0.2, 0.25) is 0 Å². The third-order valence-electron chi connectivity index (χ3n) is 7.17. The molecule has 3 rings (SSSR count). The number of nitrogens with zero attached hydrogens (tertiary/aromatic N) is 4. The number of rotatable bonds is 13. The lowest BCUT2D eigenvalue weighted by atomic mass is 10.1. The van der Waals surface area contributed by atoms with Crippen molar-refractivity contribution >= 4 is 5.82 Å². The molecule has 0 radical (unpaired) electrons. The molecule has 1 aliphatic rings. The number of hydrogen-bond acceptors (Lipinski definition) is 5. The molecule has 1 atom stereocenters. The SMILES string of the molecule is C=C(CCCCCCN(CCC)c1ccc(C#CCCC)cn1)N(C)C1CCc2c1n[nH]c(=O)c2C(F)(F)F. The molecule has 6 nitrogen and oxygen atoms in total. The number of nitrogens with one attached hydrogen (secondary N) is 1. The van der Waals surface area contributed by atoms with E-state index < -0.39 is 17.3 Å². The fourth-order valence-corrected chi connectivity index (χ4v) is 5.05. The lowest BCUT2D eigenvalue weighted by Crippen LogP contribution is -2.28. The van der Waals surface area contributed by atoms with E-state index in [1.165, 1.54) is 0 Å². The number of hydrogen-bond donors (Lipinski definition) is 1. The molecule has 9 heteroatoms. The zero-order valence-corrected chi connectivity index (χ0v) is 23.3. The highest BCUT2D eigenvalue weighted by atomic mass is 19.4. The Morgan fingerprint density at radius 2 is 1.92 bits per heavy atom. The summed E-state index contributed by atoms with van der Waals surface area (Å²) in [6.07, 6.45) is 5.68. The van der Waals surface area contributed by atoms with E-state index in [9.17, 15) is 18.0 Å². The number of H-pyrrole nitrogens is 1. The van der Waals surface area contributed by atoms with Crippen molar-refractivity contribution < 1.29 is 13.2 Å². The number of unbranched alkanes of at least 4 members (excludes halogenated alkanes) is 4. The lowest BCUT2D eigenvalue weighted by Gasteiger charge is -2.28. The summed E-state index contributed by atoms with van der Waals surface area (Å²) in [5.74, 6) is 7.29. The number of alkyl halides is 3. The van der Waals surface area contributed by atoms with Crippen molar-refractivity contribution in [3.63, 3.8) is 0 Å². The van der Waals surface area contributed by atoms with E-state index in [0.717, 1.165) is 81.5 Å². The number of aromatic amines is 1. The van der Waals surface area contributed by atoms with E-state index in [2.05, 4.69) is 53.3 Å². The Morgan fingerprint density at radius 1 is 1.15 bits per heavy atom. The summed E-state index contributed by atoms with van der Waals surface area (Å²) in [6, 6.07) is 3.77. The molecular formula is C30H40F3N5O. The summed E-state index contributed by atoms with van der Waals surface area (Å²) < 4.78 is 40.3. The second-order valence-corrected chi connectivity index (χ2v) is 10.1. The molecule has 2 aromatic rings. The first-order chi connectivity index (χ1) is 18.7. The van der Waals surface area contributed by atoms with Gasteiger partial charge in [-0.25, -0.2) is 10.1 Å². The van der Waals surface area contributed by atoms with Crippen molar-refractivity contribution in [1.29, 1.82) is 0 Å². The highest BCUT2D eigenvalue weighted by Crippen LogP contribution is 2.40. The minimum Gasteiger partial charge on any atom is -0.370 e. The van der Waals surface area contributed by atoms with Crippen molar-refractivity contribution in [2.75, 3.05) is 25.0 Å². The zero-order chi connectivity index (χ0) is 28.4. The summed E-state index contributed by atoms with van der Waals surface area (Å²) >= 11 is 0. The van der Waals surface area contributed by atoms with Gasteiger partial charge in [-0.15, -0.1) is 0 Å². The van der Waals surface area contributed by atoms with Crippen LogP contribution in [0.5, 0.6) is 0 Å². The summed E-state index contributed by atoms with van der Waals surface area (Å²) in [6.45, 7) is 10.4. The number of halogens is 3. The van der Waals surface area contributed by atoms with Gasteiger partial charge in [-0.2, -0.15) is 18.3 Å². The fraction of sp³-hybridized carbons (Fsp3) is 0.567. The van der Waals surface area contributed by atoms with E-state index in [1.54, 1.807) is 0 Å². The molecule has 1 unspecified atom stereocenters. The lowest BCUT2D eigenvalue weighted by molar-refractivity contribution is -0.139. The topological polar surface area (TPSA) is 65.1 Å². The van der Waals surface area contributed by atoms with E-state index in [1.807, 2.05) is 29.3 Å². The highest BCUT2D eigenvalue weighted by Gasteiger charge is 2.42. The smallest absolute Gasteiger partial charge is 0.370 e. The van der Waals surface area contributed by atoms with Crippen LogP contribution in [0.1, 0.15) is 100 Å². The number of allylic oxidation sites excluding steroid dienone is 1. The van der Waals surface area contributed by atoms with Crippen molar-refractivity contribution in [1.82, 2.24) is 20.1 Å². The van der Waals surface area contributed by atoms with Crippen molar-refractivity contribution in [2.24, 2.45) is 0 Å². The average molecular weight is 544 g/mol. The predicted octanol–water partition coefficient (Wildman–Crippen LogP) is 6.64. The van der Waals surface area contributed by atoms with Crippen LogP contribution >= 0.6 is 0 Å². The van der Waals surface area contributed by atoms with Gasteiger partial charge in [0.25, 0.3) is 5.56 Å². The van der Waals surface area contributed by atoms with Gasteiger partial charge in [0, 0.05) is 44.0 Å². The number of pyridine rings is 1. The molecule has 1 N–H and O–H groups in total. The second kappa shape index (κ2) is 14.2. The molecule has 212 valence electrons. The Bertz CT molecular complexity index is 1210. The maximum Gasteiger partial charge on any atom is 0.422 e. The average Bonchev–Trinajstić information content (AvgIpc) is 3.32. The van der Waals surface area contributed by atoms with E-state index in [4.69, 9.17) is 0 Å². The molecule has 1 aliphatic carbocycles. The van der Waals surface area contributed by atoms with Crippen LogP contribution in [0.25, 0.3) is 0 Å². The normalized spacial score (nSPS) is 14.5. The Kier molecular flexibility index (Phi) is 11.0. The molecule has 0 spiro atoms. The second-order valence-electron chi connectivity index (χ2n) is 10.1. The van der Waals surface area contributed by atoms with Crippen LogP contribution in [0.3, 0.4) is 0 Å². The van der Waals surface area contributed by atoms with Crippen LogP contribution in [0.4, 0.5) is 19.0 Å². The monoisotopic (exact) mass is 543 g/mol. The minimum absolute atomic E-state index is 0.0149. The van der Waals surface area contributed by atoms with Gasteiger partial charge in [-0.1, -0.05) is 45.1 Å². The summed E-state index contributed by atoms with van der Waals surface area (Å²) in [5, 5.41) is 6.02. The van der Waals surface area contributed by atoms with Crippen molar-refractivity contribution in [2.45, 2.75) is 90.3 Å². The van der Waals surface area contributed by atoms with Crippen LogP contribution < -0.4 is 10.5 Å². The molecule has 0 fully saturated rings. The Hall–Kier alpha value is -3.28. The van der Waals surface area contributed by atoms with Gasteiger partial charge in [-0.3, -0.25) is 4.79 Å². The molecule has 2 aromatic heterocycles. The van der Waals surface area contributed by atoms with Gasteiger partial charge in [0.15, 0.2) is 0 Å². The Balaban J connectivity index is 1.45. The number of anilines is 1. The molecule has 0 aromatic carbocycles. The van der Waals surface area contributed by atoms with Gasteiger partial charge in [0.1, 0.15) is 11.4 Å². The highest BCUT2D eigenvalue weighted by molar-refractivity contribution is 5.43. The van der Waals surface area contributed by atoms with E-state index in [-0.39, 0.29) is 18.0 Å². The quantitative estimate of drug-likeness (QED) is 0.227. The first-order valence-corrected chi connectivity index (χ1v) is 14.0. The third-order valence-corrected chi connectivity index (χ3v) is 7.17. The summed E-state index contributed by atoms with van der Waals surface area (Å²) in [7, 11) is 1.85. The van der Waals surface area contributed by atoms with Crippen LogP contribution in [0, 0.1) is 11.8 Å². The minimum atomic E-state index is -4.69. The van der Waals surface area contributed by atoms with Crippen molar-refractivity contribution in [3.8, 4) is 11.8 Å². The zero-order valence-electron chi connectivity index (χ0n) is 23.3. The fourth-order valence-electron chi connectivity index (χ4n) is 5.05. The van der Waals surface area contributed by atoms with Crippen LogP contribution in [-0.2, 0) is 12.6 Å². The first kappa shape index (κ1) is 30.3. The largest absolute Gasteiger partial charge is 0.422 e. The molecule has 0 bridgehead atoms. The van der Waals surface area contributed by atoms with Crippen molar-refractivity contribution in [3.05, 3.63) is 63.3 Å². The molecule has 0 saturated heterocycles. The molecule has 0 amide bonds. The van der Waals surface area contributed by atoms with E-state index >= 15 is 0 Å². The Morgan fingerprint density at radius 3 is 2.59 bits per heavy atom. The Labute approximate surface area is 229 Å². The van der Waals surface area contributed by atoms with Crippen LogP contribution in [-0.4, -0.2) is 40.2 Å².